The minimum absolute atomic E-state index is 0.113. The zero-order valence-corrected chi connectivity index (χ0v) is 11.9. The van der Waals surface area contributed by atoms with Crippen molar-refractivity contribution in [3.63, 3.8) is 0 Å². The smallest absolute Gasteiger partial charge is 0.146 e. The molecule has 19 heavy (non-hydrogen) atoms. The summed E-state index contributed by atoms with van der Waals surface area (Å²) in [6.45, 7) is 8.00. The second kappa shape index (κ2) is 6.66. The molecule has 0 radical (unpaired) electrons. The summed E-state index contributed by atoms with van der Waals surface area (Å²) in [4.78, 5) is 2.42. The van der Waals surface area contributed by atoms with Crippen LogP contribution in [0.15, 0.2) is 18.2 Å². The zero-order valence-electron chi connectivity index (χ0n) is 11.9. The molecule has 1 aliphatic rings. The summed E-state index contributed by atoms with van der Waals surface area (Å²) < 4.78 is 11.4. The molecule has 0 aromatic heterocycles. The van der Waals surface area contributed by atoms with E-state index in [0.717, 1.165) is 12.3 Å². The molecule has 2 rings (SSSR count). The molecular weight excluding hydrogens is 240 g/mol. The Morgan fingerprint density at radius 2 is 1.89 bits per heavy atom. The van der Waals surface area contributed by atoms with Gasteiger partial charge in [0.05, 0.1) is 6.10 Å². The number of likely N-dealkylation sites (tertiary alicyclic amines) is 1. The largest absolute Gasteiger partial charge is 0.490 e. The van der Waals surface area contributed by atoms with Gasteiger partial charge in [0.25, 0.3) is 0 Å². The van der Waals surface area contributed by atoms with Gasteiger partial charge < -0.3 is 15.2 Å². The molecule has 0 spiro atoms. The van der Waals surface area contributed by atoms with Crippen LogP contribution in [0.2, 0.25) is 0 Å². The first-order chi connectivity index (χ1) is 9.16. The van der Waals surface area contributed by atoms with Crippen LogP contribution in [0.25, 0.3) is 0 Å². The molecule has 1 heterocycles. The third-order valence-corrected chi connectivity index (χ3v) is 3.25. The molecule has 0 amide bonds. The maximum absolute atomic E-state index is 6.06. The van der Waals surface area contributed by atoms with Crippen molar-refractivity contribution in [3.8, 4) is 11.5 Å². The first-order valence-corrected chi connectivity index (χ1v) is 7.07. The highest BCUT2D eigenvalue weighted by molar-refractivity contribution is 5.62. The van der Waals surface area contributed by atoms with Crippen molar-refractivity contribution < 1.29 is 9.47 Å². The number of hydrogen-bond donors (Lipinski definition) is 1. The molecule has 1 saturated heterocycles. The van der Waals surface area contributed by atoms with E-state index in [0.29, 0.717) is 18.0 Å². The molecule has 4 nitrogen and oxygen atoms in total. The number of nitrogen functional groups attached to an aromatic ring is 1. The third-order valence-electron chi connectivity index (χ3n) is 3.25. The van der Waals surface area contributed by atoms with Crippen LogP contribution in [-0.2, 0) is 0 Å². The Balaban J connectivity index is 1.88. The molecule has 1 aromatic rings. The van der Waals surface area contributed by atoms with E-state index in [1.54, 1.807) is 0 Å². The molecule has 106 valence electrons. The van der Waals surface area contributed by atoms with Crippen molar-refractivity contribution in [2.45, 2.75) is 32.8 Å². The van der Waals surface area contributed by atoms with E-state index in [1.807, 2.05) is 32.0 Å². The SMILES string of the molecule is CC(C)Oc1cccc(OCCN2CCCC2)c1N. The monoisotopic (exact) mass is 264 g/mol. The number of benzene rings is 1. The van der Waals surface area contributed by atoms with Gasteiger partial charge in [-0.15, -0.1) is 0 Å². The highest BCUT2D eigenvalue weighted by Crippen LogP contribution is 2.31. The average molecular weight is 264 g/mol. The Labute approximate surface area is 115 Å². The minimum Gasteiger partial charge on any atom is -0.490 e. The molecule has 0 aliphatic carbocycles. The van der Waals surface area contributed by atoms with Gasteiger partial charge in [0.2, 0.25) is 0 Å². The van der Waals surface area contributed by atoms with E-state index >= 15 is 0 Å². The Bertz CT molecular complexity index is 401. The summed E-state index contributed by atoms with van der Waals surface area (Å²) in [5.74, 6) is 1.42. The summed E-state index contributed by atoms with van der Waals surface area (Å²) in [6.07, 6.45) is 2.72. The van der Waals surface area contributed by atoms with Crippen molar-refractivity contribution in [2.75, 3.05) is 32.0 Å². The molecule has 1 aliphatic heterocycles. The van der Waals surface area contributed by atoms with Crippen LogP contribution in [0.1, 0.15) is 26.7 Å². The van der Waals surface area contributed by atoms with Gasteiger partial charge in [-0.05, 0) is 51.9 Å². The number of rotatable bonds is 6. The third kappa shape index (κ3) is 4.03. The molecule has 2 N–H and O–H groups in total. The topological polar surface area (TPSA) is 47.7 Å². The second-order valence-corrected chi connectivity index (χ2v) is 5.23. The lowest BCUT2D eigenvalue weighted by Gasteiger charge is -2.17. The number of hydrogen-bond acceptors (Lipinski definition) is 4. The lowest BCUT2D eigenvalue weighted by atomic mass is 10.2. The van der Waals surface area contributed by atoms with Gasteiger partial charge in [0, 0.05) is 6.54 Å². The van der Waals surface area contributed by atoms with Crippen LogP contribution in [0, 0.1) is 0 Å². The molecule has 1 fully saturated rings. The Morgan fingerprint density at radius 1 is 1.21 bits per heavy atom. The minimum atomic E-state index is 0.113. The standard InChI is InChI=1S/C15H24N2O2/c1-12(2)19-14-7-5-6-13(15(14)16)18-11-10-17-8-3-4-9-17/h5-7,12H,3-4,8-11,16H2,1-2H3. The van der Waals surface area contributed by atoms with Gasteiger partial charge in [-0.1, -0.05) is 6.07 Å². The maximum atomic E-state index is 6.06. The first kappa shape index (κ1) is 14.0. The van der Waals surface area contributed by atoms with Crippen molar-refractivity contribution >= 4 is 5.69 Å². The van der Waals surface area contributed by atoms with Crippen LogP contribution >= 0.6 is 0 Å². The quantitative estimate of drug-likeness (QED) is 0.802. The van der Waals surface area contributed by atoms with Crippen LogP contribution in [0.5, 0.6) is 11.5 Å². The number of nitrogens with zero attached hydrogens (tertiary/aromatic N) is 1. The molecule has 0 atom stereocenters. The molecule has 4 heteroatoms. The number of nitrogens with two attached hydrogens (primary N) is 1. The highest BCUT2D eigenvalue weighted by Gasteiger charge is 2.12. The number of para-hydroxylation sites is 1. The predicted octanol–water partition coefficient (Wildman–Crippen LogP) is 2.53. The van der Waals surface area contributed by atoms with Crippen LogP contribution in [0.3, 0.4) is 0 Å². The molecule has 1 aromatic carbocycles. The van der Waals surface area contributed by atoms with Crippen molar-refractivity contribution in [2.24, 2.45) is 0 Å². The van der Waals surface area contributed by atoms with Crippen molar-refractivity contribution in [3.05, 3.63) is 18.2 Å². The van der Waals surface area contributed by atoms with Crippen molar-refractivity contribution in [1.82, 2.24) is 4.90 Å². The lowest BCUT2D eigenvalue weighted by molar-refractivity contribution is 0.231. The summed E-state index contributed by atoms with van der Waals surface area (Å²) in [7, 11) is 0. The summed E-state index contributed by atoms with van der Waals surface area (Å²) in [6, 6.07) is 5.69. The summed E-state index contributed by atoms with van der Waals surface area (Å²) >= 11 is 0. The fourth-order valence-corrected chi connectivity index (χ4v) is 2.30. The Hall–Kier alpha value is -1.42. The van der Waals surface area contributed by atoms with E-state index < -0.39 is 0 Å². The van der Waals surface area contributed by atoms with Crippen LogP contribution in [-0.4, -0.2) is 37.2 Å². The number of ether oxygens (including phenoxy) is 2. The molecule has 0 bridgehead atoms. The van der Waals surface area contributed by atoms with Gasteiger partial charge in [0.15, 0.2) is 0 Å². The summed E-state index contributed by atoms with van der Waals surface area (Å²) in [5, 5.41) is 0. The van der Waals surface area contributed by atoms with Gasteiger partial charge in [0.1, 0.15) is 23.8 Å². The first-order valence-electron chi connectivity index (χ1n) is 7.07. The van der Waals surface area contributed by atoms with Crippen molar-refractivity contribution in [1.29, 1.82) is 0 Å². The Morgan fingerprint density at radius 3 is 2.58 bits per heavy atom. The molecular formula is C15H24N2O2. The fraction of sp³-hybridized carbons (Fsp3) is 0.600. The van der Waals surface area contributed by atoms with Gasteiger partial charge in [-0.3, -0.25) is 4.90 Å². The van der Waals surface area contributed by atoms with E-state index in [1.165, 1.54) is 25.9 Å². The molecule has 0 unspecified atom stereocenters. The van der Waals surface area contributed by atoms with Gasteiger partial charge >= 0.3 is 0 Å². The van der Waals surface area contributed by atoms with E-state index in [-0.39, 0.29) is 6.10 Å². The van der Waals surface area contributed by atoms with E-state index in [4.69, 9.17) is 15.2 Å². The normalized spacial score (nSPS) is 15.9. The fourth-order valence-electron chi connectivity index (χ4n) is 2.30. The van der Waals surface area contributed by atoms with E-state index in [9.17, 15) is 0 Å². The van der Waals surface area contributed by atoms with Gasteiger partial charge in [-0.2, -0.15) is 0 Å². The highest BCUT2D eigenvalue weighted by atomic mass is 16.5. The van der Waals surface area contributed by atoms with Gasteiger partial charge in [-0.25, -0.2) is 0 Å². The lowest BCUT2D eigenvalue weighted by Crippen LogP contribution is -2.25. The Kier molecular flexibility index (Phi) is 4.91. The maximum Gasteiger partial charge on any atom is 0.146 e. The predicted molar refractivity (Wildman–Crippen MR) is 77.8 cm³/mol. The summed E-state index contributed by atoms with van der Waals surface area (Å²) in [5.41, 5.74) is 6.66. The van der Waals surface area contributed by atoms with Crippen LogP contribution in [0.4, 0.5) is 5.69 Å². The van der Waals surface area contributed by atoms with Crippen LogP contribution < -0.4 is 15.2 Å². The zero-order chi connectivity index (χ0) is 13.7. The number of anilines is 1. The second-order valence-electron chi connectivity index (χ2n) is 5.23. The molecule has 0 saturated carbocycles. The average Bonchev–Trinajstić information content (AvgIpc) is 2.86. The van der Waals surface area contributed by atoms with E-state index in [2.05, 4.69) is 4.90 Å².